The molecule has 1 aliphatic carbocycles. The summed E-state index contributed by atoms with van der Waals surface area (Å²) in [7, 11) is 1.63. The first kappa shape index (κ1) is 25.2. The van der Waals surface area contributed by atoms with Crippen LogP contribution in [0.4, 0.5) is 16.5 Å². The number of pyridine rings is 1. The number of carbonyl (C=O) groups excluding carboxylic acids is 2. The van der Waals surface area contributed by atoms with Gasteiger partial charge in [0.1, 0.15) is 5.69 Å². The number of ether oxygens (including phenoxy) is 2. The van der Waals surface area contributed by atoms with Gasteiger partial charge in [-0.15, -0.1) is 11.3 Å². The van der Waals surface area contributed by atoms with Crippen molar-refractivity contribution in [1.82, 2.24) is 15.3 Å². The third kappa shape index (κ3) is 4.86. The van der Waals surface area contributed by atoms with Crippen LogP contribution in [0.15, 0.2) is 47.1 Å². The lowest BCUT2D eigenvalue weighted by Gasteiger charge is -2.49. The number of hydrogen-bond acceptors (Lipinski definition) is 9. The quantitative estimate of drug-likeness (QED) is 0.496. The highest BCUT2D eigenvalue weighted by molar-refractivity contribution is 7.14. The van der Waals surface area contributed by atoms with Crippen molar-refractivity contribution in [2.75, 3.05) is 68.2 Å². The van der Waals surface area contributed by atoms with E-state index < -0.39 is 0 Å². The minimum Gasteiger partial charge on any atom is -0.382 e. The van der Waals surface area contributed by atoms with Gasteiger partial charge in [-0.25, -0.2) is 4.98 Å². The predicted octanol–water partition coefficient (Wildman–Crippen LogP) is 2.61. The number of rotatable bonds is 8. The molecule has 1 spiro atoms. The third-order valence-corrected chi connectivity index (χ3v) is 8.79. The van der Waals surface area contributed by atoms with Crippen molar-refractivity contribution < 1.29 is 19.1 Å². The minimum atomic E-state index is -0.311. The molecule has 38 heavy (non-hydrogen) atoms. The zero-order valence-electron chi connectivity index (χ0n) is 21.4. The van der Waals surface area contributed by atoms with Crippen molar-refractivity contribution in [3.8, 4) is 0 Å². The van der Waals surface area contributed by atoms with Gasteiger partial charge in [-0.05, 0) is 29.9 Å². The summed E-state index contributed by atoms with van der Waals surface area (Å²) in [5, 5.41) is 8.62. The second-order valence-electron chi connectivity index (χ2n) is 10.3. The van der Waals surface area contributed by atoms with Crippen molar-refractivity contribution in [3.05, 3.63) is 52.8 Å². The number of nitrogens with zero attached hydrogens (tertiary/aromatic N) is 4. The van der Waals surface area contributed by atoms with Gasteiger partial charge in [0.25, 0.3) is 11.8 Å². The van der Waals surface area contributed by atoms with Gasteiger partial charge in [-0.3, -0.25) is 19.5 Å². The van der Waals surface area contributed by atoms with E-state index in [2.05, 4.69) is 25.5 Å². The maximum Gasteiger partial charge on any atom is 0.275 e. The van der Waals surface area contributed by atoms with Crippen LogP contribution >= 0.6 is 11.3 Å². The molecule has 200 valence electrons. The first-order chi connectivity index (χ1) is 18.5. The first-order valence-electron chi connectivity index (χ1n) is 13.0. The molecule has 11 heteroatoms. The molecule has 0 saturated carbocycles. The molecule has 2 aromatic heterocycles. The maximum atomic E-state index is 13.2. The molecular formula is C27H32N6O4S. The normalized spacial score (nSPS) is 22.1. The average Bonchev–Trinajstić information content (AvgIpc) is 3.53. The summed E-state index contributed by atoms with van der Waals surface area (Å²) in [6.07, 6.45) is 10.1. The third-order valence-electron chi connectivity index (χ3n) is 7.92. The predicted molar refractivity (Wildman–Crippen MR) is 146 cm³/mol. The fourth-order valence-corrected chi connectivity index (χ4v) is 6.35. The Balaban J connectivity index is 1.09. The molecule has 0 radical (unpaired) electrons. The van der Waals surface area contributed by atoms with Gasteiger partial charge in [-0.2, -0.15) is 0 Å². The standard InChI is InChI=1S/C27H32N6O4S/c1-36-10-11-37-19-3-2-18-14-33(25(35)20(18)12-19)26-31-22(15-38-26)24(34)30-21-13-28-7-4-23(21)32-8-5-27(6-9-32)16-29-17-27/h2-4,7,13,15,19,29H,5-6,8-12,14,16-17H2,1H3,(H,30,34). The summed E-state index contributed by atoms with van der Waals surface area (Å²) < 4.78 is 10.8. The largest absolute Gasteiger partial charge is 0.382 e. The number of nitrogens with one attached hydrogen (secondary N) is 2. The number of aromatic nitrogens is 2. The van der Waals surface area contributed by atoms with Crippen LogP contribution in [-0.2, 0) is 14.3 Å². The van der Waals surface area contributed by atoms with E-state index in [-0.39, 0.29) is 23.6 Å². The monoisotopic (exact) mass is 536 g/mol. The summed E-state index contributed by atoms with van der Waals surface area (Å²) in [5.41, 5.74) is 4.10. The lowest BCUT2D eigenvalue weighted by Crippen LogP contribution is -2.58. The van der Waals surface area contributed by atoms with Gasteiger partial charge in [0.2, 0.25) is 0 Å². The number of piperidine rings is 1. The highest BCUT2D eigenvalue weighted by Crippen LogP contribution is 2.38. The topological polar surface area (TPSA) is 109 Å². The van der Waals surface area contributed by atoms with E-state index in [0.717, 1.165) is 55.9 Å². The molecule has 2 N–H and O–H groups in total. The molecule has 0 bridgehead atoms. The van der Waals surface area contributed by atoms with Crippen LogP contribution in [0.5, 0.6) is 0 Å². The van der Waals surface area contributed by atoms with Crippen molar-refractivity contribution in [2.24, 2.45) is 5.41 Å². The van der Waals surface area contributed by atoms with E-state index in [0.29, 0.717) is 42.4 Å². The van der Waals surface area contributed by atoms with Gasteiger partial charge in [0, 0.05) is 56.9 Å². The Bertz CT molecular complexity index is 1280. The number of anilines is 3. The van der Waals surface area contributed by atoms with Crippen LogP contribution in [0, 0.1) is 5.41 Å². The van der Waals surface area contributed by atoms with Crippen LogP contribution in [0.25, 0.3) is 0 Å². The number of amides is 2. The Morgan fingerprint density at radius 1 is 1.29 bits per heavy atom. The summed E-state index contributed by atoms with van der Waals surface area (Å²) in [6, 6.07) is 1.96. The average molecular weight is 537 g/mol. The van der Waals surface area contributed by atoms with E-state index in [1.54, 1.807) is 29.8 Å². The van der Waals surface area contributed by atoms with Gasteiger partial charge in [0.05, 0.1) is 43.4 Å². The van der Waals surface area contributed by atoms with Gasteiger partial charge in [-0.1, -0.05) is 12.2 Å². The molecule has 0 aromatic carbocycles. The Labute approximate surface area is 225 Å². The van der Waals surface area contributed by atoms with Crippen LogP contribution in [0.2, 0.25) is 0 Å². The molecule has 1 unspecified atom stereocenters. The maximum absolute atomic E-state index is 13.2. The van der Waals surface area contributed by atoms with Gasteiger partial charge < -0.3 is 25.0 Å². The summed E-state index contributed by atoms with van der Waals surface area (Å²) in [4.78, 5) is 39.1. The van der Waals surface area contributed by atoms with Crippen LogP contribution in [-0.4, -0.2) is 80.9 Å². The van der Waals surface area contributed by atoms with Gasteiger partial charge >= 0.3 is 0 Å². The smallest absolute Gasteiger partial charge is 0.275 e. The molecule has 2 saturated heterocycles. The Morgan fingerprint density at radius 2 is 2.13 bits per heavy atom. The Kier molecular flexibility index (Phi) is 7.00. The van der Waals surface area contributed by atoms with Crippen molar-refractivity contribution >= 4 is 39.7 Å². The molecule has 2 aromatic rings. The highest BCUT2D eigenvalue weighted by Gasteiger charge is 2.40. The molecule has 4 aliphatic rings. The number of methoxy groups -OCH3 is 1. The van der Waals surface area contributed by atoms with Crippen LogP contribution in [0.1, 0.15) is 29.8 Å². The lowest BCUT2D eigenvalue weighted by molar-refractivity contribution is -0.114. The second kappa shape index (κ2) is 10.6. The van der Waals surface area contributed by atoms with Gasteiger partial charge in [0.15, 0.2) is 5.13 Å². The molecule has 5 heterocycles. The van der Waals surface area contributed by atoms with Crippen LogP contribution in [0.3, 0.4) is 0 Å². The summed E-state index contributed by atoms with van der Waals surface area (Å²) in [5.74, 6) is -0.389. The Morgan fingerprint density at radius 3 is 2.89 bits per heavy atom. The zero-order chi connectivity index (χ0) is 26.1. The van der Waals surface area contributed by atoms with E-state index >= 15 is 0 Å². The highest BCUT2D eigenvalue weighted by atomic mass is 32.1. The molecule has 10 nitrogen and oxygen atoms in total. The molecule has 1 atom stereocenters. The van der Waals surface area contributed by atoms with Crippen molar-refractivity contribution in [2.45, 2.75) is 25.4 Å². The zero-order valence-corrected chi connectivity index (χ0v) is 22.3. The number of carbonyl (C=O) groups is 2. The second-order valence-corrected chi connectivity index (χ2v) is 11.1. The minimum absolute atomic E-state index is 0.0786. The first-order valence-corrected chi connectivity index (χ1v) is 13.9. The number of hydrogen-bond donors (Lipinski definition) is 2. The van der Waals surface area contributed by atoms with Crippen molar-refractivity contribution in [3.63, 3.8) is 0 Å². The van der Waals surface area contributed by atoms with Crippen LogP contribution < -0.4 is 20.4 Å². The van der Waals surface area contributed by atoms with Crippen molar-refractivity contribution in [1.29, 1.82) is 0 Å². The van der Waals surface area contributed by atoms with E-state index in [4.69, 9.17) is 9.47 Å². The molecule has 2 amide bonds. The summed E-state index contributed by atoms with van der Waals surface area (Å²) >= 11 is 1.30. The Hall–Kier alpha value is -3.12. The molecule has 3 aliphatic heterocycles. The molecule has 2 fully saturated rings. The summed E-state index contributed by atoms with van der Waals surface area (Å²) in [6.45, 7) is 5.55. The SMILES string of the molecule is COCCOC1C=CC2=C(C1)C(=O)N(c1nc(C(=O)Nc3cnccc3N3CCC4(CC3)CNC4)cs1)C2. The van der Waals surface area contributed by atoms with E-state index in [1.807, 2.05) is 18.2 Å². The number of thiazole rings is 1. The molecular weight excluding hydrogens is 504 g/mol. The van der Waals surface area contributed by atoms with E-state index in [1.165, 1.54) is 11.3 Å². The fraction of sp³-hybridized carbons (Fsp3) is 0.481. The molecule has 6 rings (SSSR count). The van der Waals surface area contributed by atoms with E-state index in [9.17, 15) is 9.59 Å². The fourth-order valence-electron chi connectivity index (χ4n) is 5.55. The lowest BCUT2D eigenvalue weighted by atomic mass is 9.73.